The molecule has 2 unspecified atom stereocenters. The Morgan fingerprint density at radius 3 is 1.61 bits per heavy atom. The number of fused-ring (bicyclic) bond motifs is 9. The Hall–Kier alpha value is -7.16. The van der Waals surface area contributed by atoms with Gasteiger partial charge in [0.15, 0.2) is 0 Å². The van der Waals surface area contributed by atoms with Crippen LogP contribution in [0.4, 0.5) is 22.7 Å². The van der Waals surface area contributed by atoms with E-state index in [4.69, 9.17) is 0 Å². The standard InChI is InChI=1S/C64H56N2/c1-6-9-22-46-34-43-23-16-17-24-44(43)37-60(46)65(49-26-12-10-13-27-49)63(8-3)41-47-35-54-55-36-48-42-64(33-7-2,57(48)40-59(55)62(4,5)58(54)39-56(47)63)66(50-28-14-11-15-29-50)61-38-45-25-18-19-30-51(45)52-31-20-21-32-53(52)61/h6,9-32,34-40H,1,7-8,33,41-42H2,2-5H3/b22-9-. The average Bonchev–Trinajstić information content (AvgIpc) is 3.55. The SMILES string of the molecule is C=C/C=C\c1cc2ccccc2cc1N(c1ccccc1)C1(CC)Cc2cc3c(cc21)C(C)(C)c1cc2c(cc1-3)CC2(CCC)N(c1ccccc1)c1cc2ccccc2c2ccccc12. The van der Waals surface area contributed by atoms with Gasteiger partial charge in [0, 0.05) is 40.7 Å². The van der Waals surface area contributed by atoms with Gasteiger partial charge >= 0.3 is 0 Å². The number of rotatable bonds is 11. The Morgan fingerprint density at radius 1 is 0.500 bits per heavy atom. The molecule has 322 valence electrons. The maximum absolute atomic E-state index is 4.04. The summed E-state index contributed by atoms with van der Waals surface area (Å²) in [7, 11) is 0. The predicted octanol–water partition coefficient (Wildman–Crippen LogP) is 17.0. The molecule has 3 aliphatic rings. The van der Waals surface area contributed by atoms with Crippen molar-refractivity contribution in [2.24, 2.45) is 0 Å². The van der Waals surface area contributed by atoms with E-state index in [1.54, 1.807) is 0 Å². The van der Waals surface area contributed by atoms with Crippen molar-refractivity contribution >= 4 is 61.1 Å². The van der Waals surface area contributed by atoms with Crippen molar-refractivity contribution in [3.05, 3.63) is 234 Å². The van der Waals surface area contributed by atoms with E-state index >= 15 is 0 Å². The van der Waals surface area contributed by atoms with Crippen molar-refractivity contribution in [3.8, 4) is 11.1 Å². The molecule has 0 spiro atoms. The normalized spacial score (nSPS) is 18.6. The number of anilines is 4. The summed E-state index contributed by atoms with van der Waals surface area (Å²) >= 11 is 0. The predicted molar refractivity (Wildman–Crippen MR) is 282 cm³/mol. The number of nitrogens with zero attached hydrogens (tertiary/aromatic N) is 2. The molecule has 0 amide bonds. The van der Waals surface area contributed by atoms with Crippen LogP contribution < -0.4 is 9.80 Å². The minimum Gasteiger partial charge on any atom is -0.330 e. The molecule has 0 radical (unpaired) electrons. The van der Waals surface area contributed by atoms with E-state index in [1.165, 1.54) is 105 Å². The molecular weight excluding hydrogens is 797 g/mol. The summed E-state index contributed by atoms with van der Waals surface area (Å²) in [6.07, 6.45) is 11.3. The summed E-state index contributed by atoms with van der Waals surface area (Å²) in [6, 6.07) is 66.7. The van der Waals surface area contributed by atoms with Gasteiger partial charge in [0.25, 0.3) is 0 Å². The van der Waals surface area contributed by atoms with E-state index in [9.17, 15) is 0 Å². The Balaban J connectivity index is 1.01. The van der Waals surface area contributed by atoms with E-state index in [-0.39, 0.29) is 16.5 Å². The van der Waals surface area contributed by atoms with Crippen molar-refractivity contribution in [1.82, 2.24) is 0 Å². The molecule has 66 heavy (non-hydrogen) atoms. The van der Waals surface area contributed by atoms with Crippen LogP contribution in [0.3, 0.4) is 0 Å². The minimum atomic E-state index is -0.227. The van der Waals surface area contributed by atoms with Gasteiger partial charge in [0.1, 0.15) is 0 Å². The van der Waals surface area contributed by atoms with E-state index in [1.807, 2.05) is 6.08 Å². The largest absolute Gasteiger partial charge is 0.330 e. The highest BCUT2D eigenvalue weighted by molar-refractivity contribution is 6.14. The monoisotopic (exact) mass is 852 g/mol. The van der Waals surface area contributed by atoms with Gasteiger partial charge in [-0.1, -0.05) is 192 Å². The maximum Gasteiger partial charge on any atom is 0.0745 e. The van der Waals surface area contributed by atoms with Crippen LogP contribution in [-0.4, -0.2) is 0 Å². The first-order valence-corrected chi connectivity index (χ1v) is 24.1. The zero-order valence-electron chi connectivity index (χ0n) is 38.6. The van der Waals surface area contributed by atoms with Gasteiger partial charge in [0.05, 0.1) is 16.8 Å². The molecule has 0 N–H and O–H groups in total. The van der Waals surface area contributed by atoms with E-state index in [0.717, 1.165) is 32.1 Å². The highest BCUT2D eigenvalue weighted by atomic mass is 15.2. The third kappa shape index (κ3) is 5.80. The van der Waals surface area contributed by atoms with Crippen LogP contribution in [0.5, 0.6) is 0 Å². The Bertz CT molecular complexity index is 3430. The lowest BCUT2D eigenvalue weighted by atomic mass is 9.64. The summed E-state index contributed by atoms with van der Waals surface area (Å²) in [5.74, 6) is 0. The van der Waals surface area contributed by atoms with Crippen LogP contribution in [0.1, 0.15) is 85.9 Å². The van der Waals surface area contributed by atoms with Gasteiger partial charge in [0.2, 0.25) is 0 Å². The Kier molecular flexibility index (Phi) is 9.30. The van der Waals surface area contributed by atoms with Gasteiger partial charge in [-0.15, -0.1) is 0 Å². The molecular formula is C64H56N2. The molecule has 0 aliphatic heterocycles. The van der Waals surface area contributed by atoms with Gasteiger partial charge < -0.3 is 9.80 Å². The van der Waals surface area contributed by atoms with E-state index in [2.05, 4.69) is 232 Å². The fourth-order valence-electron chi connectivity index (χ4n) is 12.7. The molecule has 3 aliphatic carbocycles. The van der Waals surface area contributed by atoms with Crippen molar-refractivity contribution in [2.75, 3.05) is 9.80 Å². The second-order valence-electron chi connectivity index (χ2n) is 19.6. The Morgan fingerprint density at radius 2 is 1.00 bits per heavy atom. The van der Waals surface area contributed by atoms with E-state index in [0.29, 0.717) is 0 Å². The molecule has 0 heterocycles. The zero-order chi connectivity index (χ0) is 44.8. The van der Waals surface area contributed by atoms with Crippen molar-refractivity contribution in [1.29, 1.82) is 0 Å². The van der Waals surface area contributed by atoms with Gasteiger partial charge in [-0.05, 0) is 132 Å². The lowest BCUT2D eigenvalue weighted by molar-refractivity contribution is 0.344. The highest BCUT2D eigenvalue weighted by Gasteiger charge is 2.53. The summed E-state index contributed by atoms with van der Waals surface area (Å²) in [6.45, 7) is 13.7. The summed E-state index contributed by atoms with van der Waals surface area (Å²) in [5, 5.41) is 7.67. The maximum atomic E-state index is 4.04. The quantitative estimate of drug-likeness (QED) is 0.0945. The van der Waals surface area contributed by atoms with Gasteiger partial charge in [-0.3, -0.25) is 0 Å². The molecule has 0 aromatic heterocycles. The third-order valence-electron chi connectivity index (χ3n) is 15.8. The second-order valence-corrected chi connectivity index (χ2v) is 19.6. The molecule has 12 rings (SSSR count). The van der Waals surface area contributed by atoms with Crippen LogP contribution in [0.2, 0.25) is 0 Å². The van der Waals surface area contributed by atoms with Crippen molar-refractivity contribution in [3.63, 3.8) is 0 Å². The molecule has 2 atom stereocenters. The van der Waals surface area contributed by atoms with Crippen LogP contribution in [-0.2, 0) is 29.3 Å². The third-order valence-corrected chi connectivity index (χ3v) is 15.8. The zero-order valence-corrected chi connectivity index (χ0v) is 38.6. The number of hydrogen-bond acceptors (Lipinski definition) is 2. The molecule has 0 bridgehead atoms. The van der Waals surface area contributed by atoms with Gasteiger partial charge in [-0.25, -0.2) is 0 Å². The van der Waals surface area contributed by atoms with E-state index < -0.39 is 0 Å². The fourth-order valence-corrected chi connectivity index (χ4v) is 12.7. The first-order chi connectivity index (χ1) is 32.3. The summed E-state index contributed by atoms with van der Waals surface area (Å²) in [5.41, 5.74) is 17.2. The van der Waals surface area contributed by atoms with Crippen LogP contribution >= 0.6 is 0 Å². The number of allylic oxidation sites excluding steroid dienone is 2. The number of para-hydroxylation sites is 2. The first kappa shape index (κ1) is 40.4. The molecule has 2 nitrogen and oxygen atoms in total. The van der Waals surface area contributed by atoms with Crippen LogP contribution in [0.15, 0.2) is 195 Å². The first-order valence-electron chi connectivity index (χ1n) is 24.1. The smallest absolute Gasteiger partial charge is 0.0745 e. The van der Waals surface area contributed by atoms with Crippen LogP contribution in [0, 0.1) is 0 Å². The lowest BCUT2D eigenvalue weighted by Crippen LogP contribution is -2.52. The molecule has 0 saturated heterocycles. The topological polar surface area (TPSA) is 6.48 Å². The summed E-state index contributed by atoms with van der Waals surface area (Å²) < 4.78 is 0. The molecule has 2 heteroatoms. The average molecular weight is 853 g/mol. The Labute approximate surface area is 390 Å². The minimum absolute atomic E-state index is 0.192. The van der Waals surface area contributed by atoms with Crippen molar-refractivity contribution in [2.45, 2.75) is 76.3 Å². The van der Waals surface area contributed by atoms with Gasteiger partial charge in [-0.2, -0.15) is 0 Å². The lowest BCUT2D eigenvalue weighted by Gasteiger charge is -2.54. The number of hydrogen-bond donors (Lipinski definition) is 0. The summed E-state index contributed by atoms with van der Waals surface area (Å²) in [4.78, 5) is 5.41. The van der Waals surface area contributed by atoms with Crippen molar-refractivity contribution < 1.29 is 0 Å². The highest BCUT2D eigenvalue weighted by Crippen LogP contribution is 2.61. The second kappa shape index (κ2) is 15.2. The molecule has 0 saturated carbocycles. The number of benzene rings is 9. The molecule has 9 aromatic carbocycles. The molecule has 9 aromatic rings. The molecule has 0 fully saturated rings. The van der Waals surface area contributed by atoms with Crippen LogP contribution in [0.25, 0.3) is 49.5 Å². The fraction of sp³-hybridized carbons (Fsp3) is 0.188.